The van der Waals surface area contributed by atoms with E-state index in [-0.39, 0.29) is 5.84 Å². The van der Waals surface area contributed by atoms with Crippen molar-refractivity contribution in [1.29, 1.82) is 5.41 Å². The molecule has 0 aromatic heterocycles. The molecule has 2 aromatic carbocycles. The van der Waals surface area contributed by atoms with Crippen molar-refractivity contribution in [3.05, 3.63) is 58.1 Å². The van der Waals surface area contributed by atoms with Crippen LogP contribution in [0.15, 0.2) is 46.9 Å². The van der Waals surface area contributed by atoms with Crippen molar-refractivity contribution < 1.29 is 0 Å². The maximum Gasteiger partial charge on any atom is 0.126 e. The molecule has 0 spiro atoms. The van der Waals surface area contributed by atoms with Crippen LogP contribution in [0.5, 0.6) is 0 Å². The van der Waals surface area contributed by atoms with Crippen LogP contribution in [0.2, 0.25) is 0 Å². The van der Waals surface area contributed by atoms with Crippen LogP contribution in [0.3, 0.4) is 0 Å². The molecule has 0 bridgehead atoms. The number of hydrogen-bond acceptors (Lipinski definition) is 2. The van der Waals surface area contributed by atoms with Crippen molar-refractivity contribution in [3.8, 4) is 0 Å². The number of hydrogen-bond donors (Lipinski definition) is 2. The second kappa shape index (κ2) is 5.90. The van der Waals surface area contributed by atoms with Crippen LogP contribution < -0.4 is 10.6 Å². The lowest BCUT2D eigenvalue weighted by Crippen LogP contribution is -2.23. The van der Waals surface area contributed by atoms with Crippen molar-refractivity contribution >= 4 is 33.1 Å². The number of anilines is 2. The van der Waals surface area contributed by atoms with E-state index >= 15 is 0 Å². The fourth-order valence-electron chi connectivity index (χ4n) is 2.95. The summed E-state index contributed by atoms with van der Waals surface area (Å²) < 4.78 is 0.870. The molecule has 2 aromatic rings. The van der Waals surface area contributed by atoms with Crippen molar-refractivity contribution in [2.75, 3.05) is 11.4 Å². The van der Waals surface area contributed by atoms with Gasteiger partial charge in [-0.05, 0) is 59.0 Å². The zero-order valence-electron chi connectivity index (χ0n) is 11.8. The monoisotopic (exact) mass is 343 g/mol. The largest absolute Gasteiger partial charge is 0.384 e. The first-order chi connectivity index (χ1) is 10.2. The van der Waals surface area contributed by atoms with Gasteiger partial charge < -0.3 is 10.6 Å². The highest BCUT2D eigenvalue weighted by atomic mass is 79.9. The summed E-state index contributed by atoms with van der Waals surface area (Å²) >= 11 is 3.53. The van der Waals surface area contributed by atoms with E-state index in [1.54, 1.807) is 0 Å². The van der Waals surface area contributed by atoms with Crippen LogP contribution in [-0.2, 0) is 6.42 Å². The number of nitrogen functional groups attached to an aromatic ring is 1. The van der Waals surface area contributed by atoms with Crippen molar-refractivity contribution in [2.45, 2.75) is 19.3 Å². The molecule has 0 aliphatic carbocycles. The maximum absolute atomic E-state index is 7.90. The van der Waals surface area contributed by atoms with E-state index in [9.17, 15) is 0 Å². The van der Waals surface area contributed by atoms with Gasteiger partial charge in [0.1, 0.15) is 5.84 Å². The molecule has 0 radical (unpaired) electrons. The van der Waals surface area contributed by atoms with E-state index in [0.29, 0.717) is 0 Å². The van der Waals surface area contributed by atoms with E-state index in [1.165, 1.54) is 17.7 Å². The smallest absolute Gasteiger partial charge is 0.126 e. The van der Waals surface area contributed by atoms with Crippen LogP contribution in [0, 0.1) is 5.41 Å². The van der Waals surface area contributed by atoms with E-state index in [0.717, 1.165) is 35.1 Å². The molecule has 0 atom stereocenters. The Morgan fingerprint density at radius 1 is 1.05 bits per heavy atom. The Morgan fingerprint density at radius 2 is 1.81 bits per heavy atom. The third-order valence-electron chi connectivity index (χ3n) is 3.91. The van der Waals surface area contributed by atoms with Gasteiger partial charge in [0.05, 0.1) is 11.3 Å². The fourth-order valence-corrected chi connectivity index (χ4v) is 3.52. The summed E-state index contributed by atoms with van der Waals surface area (Å²) in [6.45, 7) is 0.952. The van der Waals surface area contributed by atoms with Gasteiger partial charge in [0.25, 0.3) is 0 Å². The van der Waals surface area contributed by atoms with Gasteiger partial charge >= 0.3 is 0 Å². The minimum Gasteiger partial charge on any atom is -0.384 e. The molecule has 0 fully saturated rings. The third-order valence-corrected chi connectivity index (χ3v) is 4.57. The average Bonchev–Trinajstić information content (AvgIpc) is 2.68. The van der Waals surface area contributed by atoms with Crippen molar-refractivity contribution in [1.82, 2.24) is 0 Å². The Kier molecular flexibility index (Phi) is 3.97. The number of nitrogens with one attached hydrogen (secondary N) is 1. The molecule has 1 aliphatic rings. The summed E-state index contributed by atoms with van der Waals surface area (Å²) in [6.07, 6.45) is 3.44. The Bertz CT molecular complexity index is 681. The number of aryl methyl sites for hydroxylation is 1. The first-order valence-electron chi connectivity index (χ1n) is 7.17. The molecular weight excluding hydrogens is 326 g/mol. The van der Waals surface area contributed by atoms with Crippen LogP contribution in [0.25, 0.3) is 0 Å². The quantitative estimate of drug-likeness (QED) is 0.633. The SMILES string of the molecule is N=C(N)c1c(Br)cccc1N1CCCCc2ccccc21. The van der Waals surface area contributed by atoms with Gasteiger partial charge in [0, 0.05) is 16.7 Å². The predicted molar refractivity (Wildman–Crippen MR) is 91.5 cm³/mol. The van der Waals surface area contributed by atoms with Crippen molar-refractivity contribution in [3.63, 3.8) is 0 Å². The lowest BCUT2D eigenvalue weighted by molar-refractivity contribution is 0.761. The van der Waals surface area contributed by atoms with Gasteiger partial charge in [0.2, 0.25) is 0 Å². The zero-order valence-corrected chi connectivity index (χ0v) is 13.4. The van der Waals surface area contributed by atoms with E-state index in [1.807, 2.05) is 18.2 Å². The molecule has 0 saturated carbocycles. The van der Waals surface area contributed by atoms with Gasteiger partial charge in [-0.15, -0.1) is 0 Å². The number of halogens is 1. The summed E-state index contributed by atoms with van der Waals surface area (Å²) in [5.74, 6) is 0.0965. The van der Waals surface area contributed by atoms with Gasteiger partial charge in [-0.3, -0.25) is 5.41 Å². The first kappa shape index (κ1) is 14.1. The van der Waals surface area contributed by atoms with E-state index in [4.69, 9.17) is 11.1 Å². The van der Waals surface area contributed by atoms with Crippen LogP contribution >= 0.6 is 15.9 Å². The van der Waals surface area contributed by atoms with Gasteiger partial charge in [-0.2, -0.15) is 0 Å². The van der Waals surface area contributed by atoms with Crippen LogP contribution in [-0.4, -0.2) is 12.4 Å². The highest BCUT2D eigenvalue weighted by Crippen LogP contribution is 2.36. The highest BCUT2D eigenvalue weighted by molar-refractivity contribution is 9.10. The highest BCUT2D eigenvalue weighted by Gasteiger charge is 2.20. The Labute approximate surface area is 133 Å². The average molecular weight is 344 g/mol. The summed E-state index contributed by atoms with van der Waals surface area (Å²) in [6, 6.07) is 14.5. The first-order valence-corrected chi connectivity index (χ1v) is 7.96. The molecule has 21 heavy (non-hydrogen) atoms. The number of benzene rings is 2. The molecule has 0 amide bonds. The predicted octanol–water partition coefficient (Wildman–Crippen LogP) is 4.21. The molecule has 4 heteroatoms. The lowest BCUT2D eigenvalue weighted by Gasteiger charge is -2.27. The number of para-hydroxylation sites is 1. The van der Waals surface area contributed by atoms with Gasteiger partial charge in [-0.1, -0.05) is 24.3 Å². The number of amidine groups is 1. The van der Waals surface area contributed by atoms with Crippen LogP contribution in [0.1, 0.15) is 24.0 Å². The standard InChI is InChI=1S/C17H18BrN3/c18-13-8-5-10-15(16(13)17(19)20)21-11-4-3-7-12-6-1-2-9-14(12)21/h1-2,5-6,8-10H,3-4,7,11H2,(H3,19,20). The summed E-state index contributed by atoms with van der Waals surface area (Å²) in [5, 5.41) is 7.90. The second-order valence-electron chi connectivity index (χ2n) is 5.29. The molecule has 108 valence electrons. The number of fused-ring (bicyclic) bond motifs is 1. The minimum atomic E-state index is 0.0965. The molecule has 3 rings (SSSR count). The normalized spacial score (nSPS) is 14.4. The summed E-state index contributed by atoms with van der Waals surface area (Å²) in [7, 11) is 0. The minimum absolute atomic E-state index is 0.0965. The van der Waals surface area contributed by atoms with Crippen molar-refractivity contribution in [2.24, 2.45) is 5.73 Å². The Balaban J connectivity index is 2.17. The lowest BCUT2D eigenvalue weighted by atomic mass is 10.1. The Hall–Kier alpha value is -1.81. The molecule has 3 N–H and O–H groups in total. The number of nitrogens with zero attached hydrogens (tertiary/aromatic N) is 1. The van der Waals surface area contributed by atoms with Crippen LogP contribution in [0.4, 0.5) is 11.4 Å². The molecule has 0 unspecified atom stereocenters. The van der Waals surface area contributed by atoms with Gasteiger partial charge in [0.15, 0.2) is 0 Å². The molecular formula is C17H18BrN3. The fraction of sp³-hybridized carbons (Fsp3) is 0.235. The summed E-state index contributed by atoms with van der Waals surface area (Å²) in [4.78, 5) is 2.30. The topological polar surface area (TPSA) is 53.1 Å². The van der Waals surface area contributed by atoms with E-state index in [2.05, 4.69) is 45.1 Å². The third kappa shape index (κ3) is 2.68. The Morgan fingerprint density at radius 3 is 2.62 bits per heavy atom. The number of rotatable bonds is 2. The molecule has 1 heterocycles. The second-order valence-corrected chi connectivity index (χ2v) is 6.14. The molecule has 3 nitrogen and oxygen atoms in total. The summed E-state index contributed by atoms with van der Waals surface area (Å²) in [5.41, 5.74) is 10.2. The maximum atomic E-state index is 7.90. The zero-order chi connectivity index (χ0) is 14.8. The number of nitrogens with two attached hydrogens (primary N) is 1. The van der Waals surface area contributed by atoms with Gasteiger partial charge in [-0.25, -0.2) is 0 Å². The van der Waals surface area contributed by atoms with E-state index < -0.39 is 0 Å². The molecule has 0 saturated heterocycles. The molecule has 1 aliphatic heterocycles.